The van der Waals surface area contributed by atoms with E-state index >= 15 is 0 Å². The molecule has 2 amide bonds. The molecule has 0 aliphatic heterocycles. The van der Waals surface area contributed by atoms with Crippen LogP contribution >= 0.6 is 0 Å². The Morgan fingerprint density at radius 3 is 2.22 bits per heavy atom. The molecule has 27 heavy (non-hydrogen) atoms. The summed E-state index contributed by atoms with van der Waals surface area (Å²) in [4.78, 5) is 34.1. The number of nitrogens with one attached hydrogen (secondary N) is 2. The van der Waals surface area contributed by atoms with Crippen LogP contribution in [0.5, 0.6) is 0 Å². The molecule has 136 valence electrons. The van der Waals surface area contributed by atoms with Crippen molar-refractivity contribution in [2.75, 3.05) is 0 Å². The molecule has 0 saturated heterocycles. The van der Waals surface area contributed by atoms with E-state index in [9.17, 15) is 24.1 Å². The van der Waals surface area contributed by atoms with Gasteiger partial charge in [-0.25, -0.2) is 9.07 Å². The Balaban J connectivity index is 1.63. The molecule has 0 atom stereocenters. The number of nitro benzene ring substituents is 1. The lowest BCUT2D eigenvalue weighted by Crippen LogP contribution is -2.41. The van der Waals surface area contributed by atoms with Crippen molar-refractivity contribution in [3.8, 4) is 5.69 Å². The second kappa shape index (κ2) is 7.44. The molecule has 3 aromatic rings. The van der Waals surface area contributed by atoms with Crippen LogP contribution in [0.3, 0.4) is 0 Å². The Morgan fingerprint density at radius 2 is 1.59 bits per heavy atom. The first kappa shape index (κ1) is 17.7. The standard InChI is InChI=1S/C17H12FN5O4/c18-12-3-1-11(2-4-12)16(24)19-20-17(25)15-9-10-22(21-15)13-5-7-14(8-6-13)23(26)27/h1-10H,(H,19,24)(H,20,25). The molecule has 1 aromatic heterocycles. The fourth-order valence-electron chi connectivity index (χ4n) is 2.17. The molecule has 0 aliphatic rings. The number of hydrazine groups is 1. The molecule has 0 bridgehead atoms. The number of rotatable bonds is 4. The Labute approximate surface area is 151 Å². The van der Waals surface area contributed by atoms with Gasteiger partial charge in [0.1, 0.15) is 5.82 Å². The first-order valence-electron chi connectivity index (χ1n) is 7.61. The van der Waals surface area contributed by atoms with Crippen LogP contribution in [0, 0.1) is 15.9 Å². The number of hydrogen-bond acceptors (Lipinski definition) is 5. The molecule has 2 aromatic carbocycles. The van der Waals surface area contributed by atoms with Crippen LogP contribution < -0.4 is 10.9 Å². The molecule has 9 nitrogen and oxygen atoms in total. The SMILES string of the molecule is O=C(NNC(=O)c1ccn(-c2ccc([N+](=O)[O-])cc2)n1)c1ccc(F)cc1. The van der Waals surface area contributed by atoms with Crippen LogP contribution in [0.1, 0.15) is 20.8 Å². The van der Waals surface area contributed by atoms with Crippen LogP contribution in [0.4, 0.5) is 10.1 Å². The number of benzene rings is 2. The van der Waals surface area contributed by atoms with Gasteiger partial charge >= 0.3 is 0 Å². The van der Waals surface area contributed by atoms with Gasteiger partial charge in [-0.05, 0) is 42.5 Å². The maximum atomic E-state index is 12.8. The first-order chi connectivity index (χ1) is 12.9. The van der Waals surface area contributed by atoms with E-state index in [2.05, 4.69) is 16.0 Å². The molecule has 0 aliphatic carbocycles. The molecule has 0 unspecified atom stereocenters. The summed E-state index contributed by atoms with van der Waals surface area (Å²) in [5.74, 6) is -1.75. The lowest BCUT2D eigenvalue weighted by Gasteiger charge is -2.06. The third kappa shape index (κ3) is 4.12. The van der Waals surface area contributed by atoms with Crippen LogP contribution in [0.2, 0.25) is 0 Å². The van der Waals surface area contributed by atoms with Gasteiger partial charge in [0.2, 0.25) is 0 Å². The number of amides is 2. The minimum Gasteiger partial charge on any atom is -0.267 e. The topological polar surface area (TPSA) is 119 Å². The molecular weight excluding hydrogens is 357 g/mol. The summed E-state index contributed by atoms with van der Waals surface area (Å²) < 4.78 is 14.2. The van der Waals surface area contributed by atoms with E-state index in [1.54, 1.807) is 0 Å². The average molecular weight is 369 g/mol. The number of halogens is 1. The largest absolute Gasteiger partial charge is 0.290 e. The number of carbonyl (C=O) groups excluding carboxylic acids is 2. The summed E-state index contributed by atoms with van der Waals surface area (Å²) in [6.07, 6.45) is 1.50. The first-order valence-corrected chi connectivity index (χ1v) is 7.61. The smallest absolute Gasteiger partial charge is 0.267 e. The van der Waals surface area contributed by atoms with E-state index in [-0.39, 0.29) is 16.9 Å². The zero-order valence-electron chi connectivity index (χ0n) is 13.6. The van der Waals surface area contributed by atoms with Gasteiger partial charge in [-0.15, -0.1) is 0 Å². The maximum Gasteiger partial charge on any atom is 0.290 e. The number of aromatic nitrogens is 2. The fraction of sp³-hybridized carbons (Fsp3) is 0. The van der Waals surface area contributed by atoms with Crippen molar-refractivity contribution in [1.82, 2.24) is 20.6 Å². The quantitative estimate of drug-likeness (QED) is 0.538. The van der Waals surface area contributed by atoms with E-state index in [1.165, 1.54) is 53.3 Å². The molecule has 1 heterocycles. The highest BCUT2D eigenvalue weighted by Gasteiger charge is 2.13. The van der Waals surface area contributed by atoms with Crippen LogP contribution in [-0.4, -0.2) is 26.5 Å². The van der Waals surface area contributed by atoms with Gasteiger partial charge in [-0.2, -0.15) is 5.10 Å². The number of nitrogens with zero attached hydrogens (tertiary/aromatic N) is 3. The lowest BCUT2D eigenvalue weighted by atomic mass is 10.2. The van der Waals surface area contributed by atoms with Gasteiger partial charge in [0.15, 0.2) is 5.69 Å². The minimum absolute atomic E-state index is 0.0211. The molecular formula is C17H12FN5O4. The molecule has 0 radical (unpaired) electrons. The van der Waals surface area contributed by atoms with E-state index in [0.29, 0.717) is 5.69 Å². The minimum atomic E-state index is -0.661. The highest BCUT2D eigenvalue weighted by molar-refractivity contribution is 5.98. The summed E-state index contributed by atoms with van der Waals surface area (Å²) >= 11 is 0. The van der Waals surface area contributed by atoms with Gasteiger partial charge in [0.05, 0.1) is 10.6 Å². The summed E-state index contributed by atoms with van der Waals surface area (Å²) in [6.45, 7) is 0. The second-order valence-electron chi connectivity index (χ2n) is 5.33. The molecule has 0 spiro atoms. The normalized spacial score (nSPS) is 10.3. The van der Waals surface area contributed by atoms with Crippen LogP contribution in [-0.2, 0) is 0 Å². The van der Waals surface area contributed by atoms with Gasteiger partial charge < -0.3 is 0 Å². The maximum absolute atomic E-state index is 12.8. The second-order valence-corrected chi connectivity index (χ2v) is 5.33. The van der Waals surface area contributed by atoms with Gasteiger partial charge in [-0.3, -0.25) is 30.6 Å². The highest BCUT2D eigenvalue weighted by atomic mass is 19.1. The number of carbonyl (C=O) groups is 2. The fourth-order valence-corrected chi connectivity index (χ4v) is 2.17. The summed E-state index contributed by atoms with van der Waals surface area (Å²) in [5.41, 5.74) is 5.06. The number of non-ortho nitro benzene ring substituents is 1. The Morgan fingerprint density at radius 1 is 0.963 bits per heavy atom. The van der Waals surface area contributed by atoms with E-state index < -0.39 is 22.6 Å². The van der Waals surface area contributed by atoms with Gasteiger partial charge in [0, 0.05) is 23.9 Å². The predicted octanol–water partition coefficient (Wildman–Crippen LogP) is 1.99. The summed E-state index contributed by atoms with van der Waals surface area (Å²) in [6, 6.07) is 11.8. The van der Waals surface area contributed by atoms with Crippen molar-refractivity contribution < 1.29 is 18.9 Å². The predicted molar refractivity (Wildman–Crippen MR) is 91.6 cm³/mol. The van der Waals surface area contributed by atoms with Crippen LogP contribution in [0.25, 0.3) is 5.69 Å². The molecule has 2 N–H and O–H groups in total. The Kier molecular flexibility index (Phi) is 4.88. The third-order valence-corrected chi connectivity index (χ3v) is 3.54. The van der Waals surface area contributed by atoms with Crippen molar-refractivity contribution in [3.05, 3.63) is 88.0 Å². The van der Waals surface area contributed by atoms with E-state index in [4.69, 9.17) is 0 Å². The lowest BCUT2D eigenvalue weighted by molar-refractivity contribution is -0.384. The zero-order chi connectivity index (χ0) is 19.4. The Hall–Kier alpha value is -4.08. The summed E-state index contributed by atoms with van der Waals surface area (Å²) in [7, 11) is 0. The van der Waals surface area contributed by atoms with Crippen molar-refractivity contribution in [2.45, 2.75) is 0 Å². The van der Waals surface area contributed by atoms with Gasteiger partial charge in [0.25, 0.3) is 17.5 Å². The zero-order valence-corrected chi connectivity index (χ0v) is 13.6. The van der Waals surface area contributed by atoms with Gasteiger partial charge in [-0.1, -0.05) is 0 Å². The Bertz CT molecular complexity index is 999. The van der Waals surface area contributed by atoms with E-state index in [1.807, 2.05) is 0 Å². The van der Waals surface area contributed by atoms with Crippen molar-refractivity contribution >= 4 is 17.5 Å². The highest BCUT2D eigenvalue weighted by Crippen LogP contribution is 2.14. The number of hydrogen-bond donors (Lipinski definition) is 2. The van der Waals surface area contributed by atoms with E-state index in [0.717, 1.165) is 12.1 Å². The number of nitro groups is 1. The van der Waals surface area contributed by atoms with Crippen molar-refractivity contribution in [3.63, 3.8) is 0 Å². The molecule has 10 heteroatoms. The average Bonchev–Trinajstić information content (AvgIpc) is 3.17. The molecule has 3 rings (SSSR count). The monoisotopic (exact) mass is 369 g/mol. The van der Waals surface area contributed by atoms with Crippen molar-refractivity contribution in [1.29, 1.82) is 0 Å². The molecule has 0 saturated carbocycles. The van der Waals surface area contributed by atoms with Crippen LogP contribution in [0.15, 0.2) is 60.8 Å². The molecule has 0 fully saturated rings. The third-order valence-electron chi connectivity index (χ3n) is 3.54. The van der Waals surface area contributed by atoms with Crippen molar-refractivity contribution in [2.24, 2.45) is 0 Å². The summed E-state index contributed by atoms with van der Waals surface area (Å²) in [5, 5.41) is 14.7.